The number of benzene rings is 1. The first-order valence-electron chi connectivity index (χ1n) is 5.07. The van der Waals surface area contributed by atoms with Crippen LogP contribution in [0, 0.1) is 5.92 Å². The summed E-state index contributed by atoms with van der Waals surface area (Å²) in [7, 11) is 1.64. The SMILES string of the molecule is COc1ccc([C@H]2C[C@@H](C(=O)O)C2)cc1. The van der Waals surface area contributed by atoms with Gasteiger partial charge in [-0.05, 0) is 36.5 Å². The normalized spacial score (nSPS) is 24.3. The lowest BCUT2D eigenvalue weighted by Crippen LogP contribution is -2.28. The van der Waals surface area contributed by atoms with Gasteiger partial charge >= 0.3 is 5.97 Å². The molecule has 0 aromatic heterocycles. The fourth-order valence-corrected chi connectivity index (χ4v) is 1.97. The Morgan fingerprint density at radius 2 is 1.93 bits per heavy atom. The predicted octanol–water partition coefficient (Wildman–Crippen LogP) is 2.27. The second-order valence-corrected chi connectivity index (χ2v) is 3.98. The quantitative estimate of drug-likeness (QED) is 0.825. The van der Waals surface area contributed by atoms with Crippen molar-refractivity contribution in [3.8, 4) is 5.75 Å². The summed E-state index contributed by atoms with van der Waals surface area (Å²) >= 11 is 0. The highest BCUT2D eigenvalue weighted by molar-refractivity contribution is 5.71. The molecule has 2 rings (SSSR count). The molecule has 0 amide bonds. The van der Waals surface area contributed by atoms with Gasteiger partial charge in [0.15, 0.2) is 0 Å². The number of hydrogen-bond donors (Lipinski definition) is 1. The molecule has 0 aliphatic heterocycles. The topological polar surface area (TPSA) is 46.5 Å². The molecule has 0 bridgehead atoms. The van der Waals surface area contributed by atoms with Gasteiger partial charge in [0.05, 0.1) is 13.0 Å². The lowest BCUT2D eigenvalue weighted by molar-refractivity contribution is -0.145. The average Bonchev–Trinajstić information content (AvgIpc) is 2.16. The van der Waals surface area contributed by atoms with E-state index in [-0.39, 0.29) is 5.92 Å². The summed E-state index contributed by atoms with van der Waals surface area (Å²) in [5.74, 6) is 0.446. The van der Waals surface area contributed by atoms with Crippen molar-refractivity contribution in [2.24, 2.45) is 5.92 Å². The van der Waals surface area contributed by atoms with E-state index in [0.717, 1.165) is 18.6 Å². The molecule has 80 valence electrons. The van der Waals surface area contributed by atoms with Crippen molar-refractivity contribution in [3.05, 3.63) is 29.8 Å². The minimum Gasteiger partial charge on any atom is -0.497 e. The van der Waals surface area contributed by atoms with E-state index < -0.39 is 5.97 Å². The van der Waals surface area contributed by atoms with Crippen LogP contribution in [0.25, 0.3) is 0 Å². The Balaban J connectivity index is 1.98. The monoisotopic (exact) mass is 206 g/mol. The third-order valence-corrected chi connectivity index (χ3v) is 3.07. The van der Waals surface area contributed by atoms with E-state index in [2.05, 4.69) is 0 Å². The fourth-order valence-electron chi connectivity index (χ4n) is 1.97. The van der Waals surface area contributed by atoms with Crippen LogP contribution in [0.3, 0.4) is 0 Å². The predicted molar refractivity (Wildman–Crippen MR) is 56.1 cm³/mol. The van der Waals surface area contributed by atoms with Crippen molar-refractivity contribution in [1.82, 2.24) is 0 Å². The van der Waals surface area contributed by atoms with Crippen LogP contribution >= 0.6 is 0 Å². The van der Waals surface area contributed by atoms with Gasteiger partial charge in [0.25, 0.3) is 0 Å². The van der Waals surface area contributed by atoms with Gasteiger partial charge in [0.2, 0.25) is 0 Å². The molecule has 0 spiro atoms. The Hall–Kier alpha value is -1.51. The zero-order valence-electron chi connectivity index (χ0n) is 8.64. The molecule has 1 saturated carbocycles. The highest BCUT2D eigenvalue weighted by atomic mass is 16.5. The van der Waals surface area contributed by atoms with Gasteiger partial charge in [-0.3, -0.25) is 4.79 Å². The van der Waals surface area contributed by atoms with Crippen molar-refractivity contribution >= 4 is 5.97 Å². The van der Waals surface area contributed by atoms with Crippen LogP contribution in [0.2, 0.25) is 0 Å². The molecule has 1 N–H and O–H groups in total. The lowest BCUT2D eigenvalue weighted by atomic mass is 9.71. The first-order valence-corrected chi connectivity index (χ1v) is 5.07. The standard InChI is InChI=1S/C12H14O3/c1-15-11-4-2-8(3-5-11)9-6-10(7-9)12(13)14/h2-5,9-10H,6-7H2,1H3,(H,13,14)/t9-,10+. The molecule has 0 heterocycles. The molecule has 0 unspecified atom stereocenters. The van der Waals surface area contributed by atoms with Crippen LogP contribution in [0.1, 0.15) is 24.3 Å². The van der Waals surface area contributed by atoms with Crippen LogP contribution in [0.4, 0.5) is 0 Å². The van der Waals surface area contributed by atoms with E-state index in [1.807, 2.05) is 24.3 Å². The summed E-state index contributed by atoms with van der Waals surface area (Å²) in [6.07, 6.45) is 1.53. The van der Waals surface area contributed by atoms with Crippen LogP contribution in [-0.4, -0.2) is 18.2 Å². The molecule has 3 heteroatoms. The third-order valence-electron chi connectivity index (χ3n) is 3.07. The minimum absolute atomic E-state index is 0.142. The number of hydrogen-bond acceptors (Lipinski definition) is 2. The van der Waals surface area contributed by atoms with Gasteiger partial charge in [0, 0.05) is 0 Å². The third kappa shape index (κ3) is 1.96. The van der Waals surface area contributed by atoms with E-state index in [1.165, 1.54) is 5.56 Å². The highest BCUT2D eigenvalue weighted by Crippen LogP contribution is 2.41. The summed E-state index contributed by atoms with van der Waals surface area (Å²) < 4.78 is 5.07. The molecule has 0 radical (unpaired) electrons. The Kier molecular flexibility index (Phi) is 2.62. The van der Waals surface area contributed by atoms with Crippen molar-refractivity contribution in [2.45, 2.75) is 18.8 Å². The van der Waals surface area contributed by atoms with Crippen molar-refractivity contribution in [2.75, 3.05) is 7.11 Å². The maximum atomic E-state index is 10.6. The maximum absolute atomic E-state index is 10.6. The number of carboxylic acid groups (broad SMARTS) is 1. The molecule has 1 aromatic rings. The molecule has 0 atom stereocenters. The maximum Gasteiger partial charge on any atom is 0.306 e. The fraction of sp³-hybridized carbons (Fsp3) is 0.417. The number of aliphatic carboxylic acids is 1. The number of carboxylic acids is 1. The molecular weight excluding hydrogens is 192 g/mol. The second kappa shape index (κ2) is 3.93. The summed E-state index contributed by atoms with van der Waals surface area (Å²) in [6.45, 7) is 0. The van der Waals surface area contributed by atoms with E-state index >= 15 is 0 Å². The van der Waals surface area contributed by atoms with Gasteiger partial charge in [-0.2, -0.15) is 0 Å². The Morgan fingerprint density at radius 1 is 1.33 bits per heavy atom. The van der Waals surface area contributed by atoms with Crippen LogP contribution in [-0.2, 0) is 4.79 Å². The number of ether oxygens (including phenoxy) is 1. The van der Waals surface area contributed by atoms with Gasteiger partial charge in [-0.25, -0.2) is 0 Å². The molecular formula is C12H14O3. The van der Waals surface area contributed by atoms with Crippen LogP contribution in [0.5, 0.6) is 5.75 Å². The first kappa shape index (κ1) is 10.0. The van der Waals surface area contributed by atoms with E-state index in [0.29, 0.717) is 5.92 Å². The largest absolute Gasteiger partial charge is 0.497 e. The summed E-state index contributed by atoms with van der Waals surface area (Å²) in [5, 5.41) is 8.76. The summed E-state index contributed by atoms with van der Waals surface area (Å²) in [5.41, 5.74) is 1.22. The number of rotatable bonds is 3. The molecule has 1 fully saturated rings. The van der Waals surface area contributed by atoms with E-state index in [1.54, 1.807) is 7.11 Å². The smallest absolute Gasteiger partial charge is 0.306 e. The molecule has 0 saturated heterocycles. The zero-order valence-corrected chi connectivity index (χ0v) is 8.64. The summed E-state index contributed by atoms with van der Waals surface area (Å²) in [6, 6.07) is 7.87. The van der Waals surface area contributed by atoms with Gasteiger partial charge in [0.1, 0.15) is 5.75 Å². The second-order valence-electron chi connectivity index (χ2n) is 3.98. The van der Waals surface area contributed by atoms with Crippen molar-refractivity contribution < 1.29 is 14.6 Å². The van der Waals surface area contributed by atoms with Gasteiger partial charge in [-0.15, -0.1) is 0 Å². The molecule has 1 aromatic carbocycles. The van der Waals surface area contributed by atoms with Crippen LogP contribution < -0.4 is 4.74 Å². The van der Waals surface area contributed by atoms with Crippen molar-refractivity contribution in [1.29, 1.82) is 0 Å². The highest BCUT2D eigenvalue weighted by Gasteiger charge is 2.35. The molecule has 1 aliphatic rings. The Labute approximate surface area is 88.7 Å². The average molecular weight is 206 g/mol. The summed E-state index contributed by atoms with van der Waals surface area (Å²) in [4.78, 5) is 10.6. The number of methoxy groups -OCH3 is 1. The van der Waals surface area contributed by atoms with Crippen LogP contribution in [0.15, 0.2) is 24.3 Å². The first-order chi connectivity index (χ1) is 7.20. The van der Waals surface area contributed by atoms with Gasteiger partial charge in [-0.1, -0.05) is 12.1 Å². The molecule has 3 nitrogen and oxygen atoms in total. The molecule has 1 aliphatic carbocycles. The van der Waals surface area contributed by atoms with E-state index in [4.69, 9.17) is 9.84 Å². The van der Waals surface area contributed by atoms with Crippen molar-refractivity contribution in [3.63, 3.8) is 0 Å². The Morgan fingerprint density at radius 3 is 2.40 bits per heavy atom. The zero-order chi connectivity index (χ0) is 10.8. The minimum atomic E-state index is -0.667. The number of carbonyl (C=O) groups is 1. The molecule has 15 heavy (non-hydrogen) atoms. The van der Waals surface area contributed by atoms with Gasteiger partial charge < -0.3 is 9.84 Å². The van der Waals surface area contributed by atoms with E-state index in [9.17, 15) is 4.79 Å². The lowest BCUT2D eigenvalue weighted by Gasteiger charge is -2.32. The Bertz CT molecular complexity index is 350.